The Labute approximate surface area is 127 Å². The average molecular weight is 294 g/mol. The van der Waals surface area contributed by atoms with Crippen LogP contribution >= 0.6 is 0 Å². The second-order valence-electron chi connectivity index (χ2n) is 6.08. The zero-order valence-electron chi connectivity index (χ0n) is 13.6. The van der Waals surface area contributed by atoms with Crippen LogP contribution in [-0.2, 0) is 0 Å². The normalized spacial score (nSPS) is 19.0. The van der Waals surface area contributed by atoms with E-state index in [1.165, 1.54) is 18.9 Å². The fraction of sp³-hybridized carbons (Fsp3) is 0.647. The molecule has 0 amide bonds. The summed E-state index contributed by atoms with van der Waals surface area (Å²) in [5.74, 6) is 0.552. The Morgan fingerprint density at radius 3 is 2.52 bits per heavy atom. The minimum absolute atomic E-state index is 0.0249. The maximum absolute atomic E-state index is 13.8. The molecule has 0 saturated heterocycles. The van der Waals surface area contributed by atoms with Crippen molar-refractivity contribution in [2.45, 2.75) is 44.2 Å². The van der Waals surface area contributed by atoms with Gasteiger partial charge in [0.1, 0.15) is 11.6 Å². The van der Waals surface area contributed by atoms with E-state index in [4.69, 9.17) is 4.74 Å². The second-order valence-corrected chi connectivity index (χ2v) is 6.08. The SMILES string of the molecule is CCNC(c1cc(F)ccc1OC)C1(N(C)C)CCCC1. The van der Waals surface area contributed by atoms with Crippen molar-refractivity contribution >= 4 is 0 Å². The van der Waals surface area contributed by atoms with Crippen LogP contribution in [0.15, 0.2) is 18.2 Å². The summed E-state index contributed by atoms with van der Waals surface area (Å²) in [7, 11) is 5.90. The highest BCUT2D eigenvalue weighted by molar-refractivity contribution is 5.39. The lowest BCUT2D eigenvalue weighted by Crippen LogP contribution is -2.52. The Morgan fingerprint density at radius 2 is 2.00 bits per heavy atom. The Morgan fingerprint density at radius 1 is 1.33 bits per heavy atom. The number of hydrogen-bond donors (Lipinski definition) is 1. The van der Waals surface area contributed by atoms with Gasteiger partial charge in [-0.3, -0.25) is 0 Å². The van der Waals surface area contributed by atoms with Gasteiger partial charge < -0.3 is 15.0 Å². The van der Waals surface area contributed by atoms with Gasteiger partial charge in [-0.25, -0.2) is 4.39 Å². The third-order valence-corrected chi connectivity index (χ3v) is 4.81. The molecule has 0 aliphatic heterocycles. The molecular weight excluding hydrogens is 267 g/mol. The van der Waals surface area contributed by atoms with Gasteiger partial charge in [0.2, 0.25) is 0 Å². The summed E-state index contributed by atoms with van der Waals surface area (Å²) in [6.07, 6.45) is 4.68. The molecule has 3 nitrogen and oxygen atoms in total. The van der Waals surface area contributed by atoms with Crippen LogP contribution in [0, 0.1) is 5.82 Å². The maximum Gasteiger partial charge on any atom is 0.123 e. The van der Waals surface area contributed by atoms with Crippen LogP contribution in [0.5, 0.6) is 5.75 Å². The molecule has 2 rings (SSSR count). The van der Waals surface area contributed by atoms with E-state index in [1.54, 1.807) is 19.2 Å². The lowest BCUT2D eigenvalue weighted by atomic mass is 9.82. The van der Waals surface area contributed by atoms with Gasteiger partial charge in [-0.1, -0.05) is 19.8 Å². The van der Waals surface area contributed by atoms with Gasteiger partial charge in [0, 0.05) is 11.1 Å². The number of likely N-dealkylation sites (N-methyl/N-ethyl adjacent to an activating group) is 2. The fourth-order valence-electron chi connectivity index (χ4n) is 3.71. The molecule has 4 heteroatoms. The smallest absolute Gasteiger partial charge is 0.123 e. The van der Waals surface area contributed by atoms with Gasteiger partial charge in [0.25, 0.3) is 0 Å². The largest absolute Gasteiger partial charge is 0.496 e. The summed E-state index contributed by atoms with van der Waals surface area (Å²) >= 11 is 0. The van der Waals surface area contributed by atoms with Crippen molar-refractivity contribution in [3.8, 4) is 5.75 Å². The van der Waals surface area contributed by atoms with Crippen molar-refractivity contribution in [2.24, 2.45) is 0 Å². The number of nitrogens with zero attached hydrogens (tertiary/aromatic N) is 1. The molecule has 1 aliphatic carbocycles. The number of benzene rings is 1. The van der Waals surface area contributed by atoms with Crippen LogP contribution in [0.4, 0.5) is 4.39 Å². The minimum atomic E-state index is -0.208. The fourth-order valence-corrected chi connectivity index (χ4v) is 3.71. The van der Waals surface area contributed by atoms with E-state index in [2.05, 4.69) is 31.2 Å². The molecule has 0 heterocycles. The molecule has 21 heavy (non-hydrogen) atoms. The zero-order chi connectivity index (χ0) is 15.5. The van der Waals surface area contributed by atoms with E-state index in [-0.39, 0.29) is 17.4 Å². The number of methoxy groups -OCH3 is 1. The molecule has 1 fully saturated rings. The van der Waals surface area contributed by atoms with Crippen molar-refractivity contribution in [1.82, 2.24) is 10.2 Å². The van der Waals surface area contributed by atoms with Crippen molar-refractivity contribution in [3.63, 3.8) is 0 Å². The third-order valence-electron chi connectivity index (χ3n) is 4.81. The molecule has 1 aliphatic rings. The first kappa shape index (κ1) is 16.2. The molecule has 1 N–H and O–H groups in total. The molecule has 1 saturated carbocycles. The van der Waals surface area contributed by atoms with E-state index in [1.807, 2.05) is 0 Å². The van der Waals surface area contributed by atoms with Crippen LogP contribution in [0.25, 0.3) is 0 Å². The predicted octanol–water partition coefficient (Wildman–Crippen LogP) is 3.36. The summed E-state index contributed by atoms with van der Waals surface area (Å²) in [6.45, 7) is 2.94. The van der Waals surface area contributed by atoms with Gasteiger partial charge >= 0.3 is 0 Å². The number of nitrogens with one attached hydrogen (secondary N) is 1. The van der Waals surface area contributed by atoms with E-state index in [9.17, 15) is 4.39 Å². The molecule has 0 aromatic heterocycles. The lowest BCUT2D eigenvalue weighted by molar-refractivity contribution is 0.104. The first-order valence-corrected chi connectivity index (χ1v) is 7.79. The molecule has 1 aromatic carbocycles. The predicted molar refractivity (Wildman–Crippen MR) is 84.3 cm³/mol. The number of rotatable bonds is 6. The second kappa shape index (κ2) is 6.75. The van der Waals surface area contributed by atoms with Crippen LogP contribution in [0.1, 0.15) is 44.2 Å². The average Bonchev–Trinajstić information content (AvgIpc) is 2.95. The molecule has 0 radical (unpaired) electrons. The highest BCUT2D eigenvalue weighted by Gasteiger charge is 2.44. The van der Waals surface area contributed by atoms with Crippen molar-refractivity contribution in [2.75, 3.05) is 27.7 Å². The van der Waals surface area contributed by atoms with Gasteiger partial charge in [0.05, 0.1) is 13.2 Å². The molecule has 0 bridgehead atoms. The molecule has 118 valence electrons. The Hall–Kier alpha value is -1.13. The highest BCUT2D eigenvalue weighted by Crippen LogP contribution is 2.45. The summed E-state index contributed by atoms with van der Waals surface area (Å²) in [4.78, 5) is 2.30. The topological polar surface area (TPSA) is 24.5 Å². The molecule has 1 atom stereocenters. The van der Waals surface area contributed by atoms with Crippen LogP contribution in [0.3, 0.4) is 0 Å². The zero-order valence-corrected chi connectivity index (χ0v) is 13.6. The van der Waals surface area contributed by atoms with Crippen LogP contribution in [-0.4, -0.2) is 38.2 Å². The molecule has 1 unspecified atom stereocenters. The van der Waals surface area contributed by atoms with Crippen LogP contribution < -0.4 is 10.1 Å². The summed E-state index contributed by atoms with van der Waals surface area (Å²) in [6, 6.07) is 4.89. The third kappa shape index (κ3) is 3.06. The van der Waals surface area contributed by atoms with Crippen molar-refractivity contribution in [1.29, 1.82) is 0 Å². The van der Waals surface area contributed by atoms with Crippen LogP contribution in [0.2, 0.25) is 0 Å². The summed E-state index contributed by atoms with van der Waals surface area (Å²) in [5, 5.41) is 3.58. The monoisotopic (exact) mass is 294 g/mol. The van der Waals surface area contributed by atoms with E-state index >= 15 is 0 Å². The number of halogens is 1. The first-order valence-electron chi connectivity index (χ1n) is 7.79. The highest BCUT2D eigenvalue weighted by atomic mass is 19.1. The number of hydrogen-bond acceptors (Lipinski definition) is 3. The van der Waals surface area contributed by atoms with Gasteiger partial charge in [-0.15, -0.1) is 0 Å². The van der Waals surface area contributed by atoms with Crippen molar-refractivity contribution in [3.05, 3.63) is 29.6 Å². The lowest BCUT2D eigenvalue weighted by Gasteiger charge is -2.44. The van der Waals surface area contributed by atoms with E-state index < -0.39 is 0 Å². The summed E-state index contributed by atoms with van der Waals surface area (Å²) in [5.41, 5.74) is 0.951. The summed E-state index contributed by atoms with van der Waals surface area (Å²) < 4.78 is 19.3. The maximum atomic E-state index is 13.8. The molecular formula is C17H27FN2O. The standard InChI is InChI=1S/C17H27FN2O/c1-5-19-16(17(20(2)3)10-6-7-11-17)14-12-13(18)8-9-15(14)21-4/h8-9,12,16,19H,5-7,10-11H2,1-4H3. The van der Waals surface area contributed by atoms with E-state index in [0.29, 0.717) is 0 Å². The first-order chi connectivity index (χ1) is 10.0. The minimum Gasteiger partial charge on any atom is -0.496 e. The molecule has 1 aromatic rings. The number of ether oxygens (including phenoxy) is 1. The van der Waals surface area contributed by atoms with Gasteiger partial charge in [0.15, 0.2) is 0 Å². The Balaban J connectivity index is 2.50. The van der Waals surface area contributed by atoms with Crippen molar-refractivity contribution < 1.29 is 9.13 Å². The van der Waals surface area contributed by atoms with Gasteiger partial charge in [-0.05, 0) is 51.7 Å². The van der Waals surface area contributed by atoms with Gasteiger partial charge in [-0.2, -0.15) is 0 Å². The quantitative estimate of drug-likeness (QED) is 0.870. The molecule has 0 spiro atoms. The Bertz CT molecular complexity index is 470. The Kier molecular flexibility index (Phi) is 5.22. The van der Waals surface area contributed by atoms with E-state index in [0.717, 1.165) is 30.7 Å².